The third-order valence-electron chi connectivity index (χ3n) is 3.12. The predicted molar refractivity (Wildman–Crippen MR) is 66.3 cm³/mol. The van der Waals surface area contributed by atoms with Gasteiger partial charge < -0.3 is 5.73 Å². The van der Waals surface area contributed by atoms with Crippen molar-refractivity contribution in [3.8, 4) is 0 Å². The van der Waals surface area contributed by atoms with Gasteiger partial charge in [-0.25, -0.2) is 8.78 Å². The summed E-state index contributed by atoms with van der Waals surface area (Å²) in [5.74, 6) is -0.929. The standard InChI is InChI=1S/C13H17F2N3/c14-10-2-1-9(12(15)7-10)8-18(11-3-4-11)6-5-13(16)17/h1-2,7,11H,3-6,8H2,(H3,16,17). The number of amidine groups is 1. The Balaban J connectivity index is 2.01. The van der Waals surface area contributed by atoms with E-state index in [1.165, 1.54) is 12.1 Å². The fraction of sp³-hybridized carbons (Fsp3) is 0.462. The lowest BCUT2D eigenvalue weighted by Gasteiger charge is -2.22. The zero-order chi connectivity index (χ0) is 13.1. The molecule has 0 unspecified atom stereocenters. The highest BCUT2D eigenvalue weighted by Crippen LogP contribution is 2.28. The Morgan fingerprint density at radius 1 is 1.39 bits per heavy atom. The normalized spacial score (nSPS) is 15.1. The molecule has 0 amide bonds. The second-order valence-corrected chi connectivity index (χ2v) is 4.71. The highest BCUT2D eigenvalue weighted by molar-refractivity contribution is 5.76. The fourth-order valence-corrected chi connectivity index (χ4v) is 1.96. The Kier molecular flexibility index (Phi) is 3.91. The molecular formula is C13H17F2N3. The first-order valence-corrected chi connectivity index (χ1v) is 6.07. The van der Waals surface area contributed by atoms with E-state index in [0.717, 1.165) is 18.9 Å². The van der Waals surface area contributed by atoms with Gasteiger partial charge in [0, 0.05) is 37.2 Å². The summed E-state index contributed by atoms with van der Waals surface area (Å²) in [6.07, 6.45) is 2.68. The number of nitrogens with zero attached hydrogens (tertiary/aromatic N) is 1. The van der Waals surface area contributed by atoms with E-state index in [4.69, 9.17) is 11.1 Å². The average Bonchev–Trinajstić information content (AvgIpc) is 3.10. The van der Waals surface area contributed by atoms with Crippen molar-refractivity contribution >= 4 is 5.84 Å². The van der Waals surface area contributed by atoms with Crippen LogP contribution >= 0.6 is 0 Å². The molecule has 98 valence electrons. The van der Waals surface area contributed by atoms with Crippen molar-refractivity contribution in [2.45, 2.75) is 31.8 Å². The van der Waals surface area contributed by atoms with Crippen LogP contribution in [0.15, 0.2) is 18.2 Å². The summed E-state index contributed by atoms with van der Waals surface area (Å²) >= 11 is 0. The molecule has 0 heterocycles. The lowest BCUT2D eigenvalue weighted by molar-refractivity contribution is 0.258. The SMILES string of the molecule is N=C(N)CCN(Cc1ccc(F)cc1F)C1CC1. The molecular weight excluding hydrogens is 236 g/mol. The van der Waals surface area contributed by atoms with Crippen molar-refractivity contribution < 1.29 is 8.78 Å². The highest BCUT2D eigenvalue weighted by Gasteiger charge is 2.29. The van der Waals surface area contributed by atoms with E-state index in [0.29, 0.717) is 31.1 Å². The van der Waals surface area contributed by atoms with E-state index in [2.05, 4.69) is 4.90 Å². The van der Waals surface area contributed by atoms with Crippen LogP contribution in [0.4, 0.5) is 8.78 Å². The maximum absolute atomic E-state index is 13.6. The van der Waals surface area contributed by atoms with Crippen LogP contribution in [-0.4, -0.2) is 23.3 Å². The highest BCUT2D eigenvalue weighted by atomic mass is 19.1. The average molecular weight is 253 g/mol. The number of benzene rings is 1. The molecule has 3 N–H and O–H groups in total. The molecule has 0 saturated heterocycles. The number of halogens is 2. The Morgan fingerprint density at radius 2 is 2.11 bits per heavy atom. The van der Waals surface area contributed by atoms with Crippen LogP contribution in [0, 0.1) is 17.0 Å². The number of nitrogens with one attached hydrogen (secondary N) is 1. The quantitative estimate of drug-likeness (QED) is 0.603. The van der Waals surface area contributed by atoms with Gasteiger partial charge in [0.1, 0.15) is 11.6 Å². The summed E-state index contributed by atoms with van der Waals surface area (Å²) in [7, 11) is 0. The molecule has 0 bridgehead atoms. The van der Waals surface area contributed by atoms with Crippen molar-refractivity contribution in [3.05, 3.63) is 35.4 Å². The topological polar surface area (TPSA) is 53.1 Å². The molecule has 5 heteroatoms. The Morgan fingerprint density at radius 3 is 2.67 bits per heavy atom. The first-order chi connectivity index (χ1) is 8.56. The molecule has 1 fully saturated rings. The van der Waals surface area contributed by atoms with E-state index >= 15 is 0 Å². The zero-order valence-corrected chi connectivity index (χ0v) is 10.1. The Hall–Kier alpha value is -1.49. The third kappa shape index (κ3) is 3.50. The van der Waals surface area contributed by atoms with E-state index in [1.54, 1.807) is 0 Å². The summed E-state index contributed by atoms with van der Waals surface area (Å²) in [5, 5.41) is 7.23. The molecule has 1 saturated carbocycles. The van der Waals surface area contributed by atoms with Gasteiger partial charge in [0.2, 0.25) is 0 Å². The maximum atomic E-state index is 13.6. The fourth-order valence-electron chi connectivity index (χ4n) is 1.96. The molecule has 0 aromatic heterocycles. The van der Waals surface area contributed by atoms with Crippen molar-refractivity contribution in [2.24, 2.45) is 5.73 Å². The van der Waals surface area contributed by atoms with E-state index in [1.807, 2.05) is 0 Å². The Bertz CT molecular complexity index is 444. The van der Waals surface area contributed by atoms with Crippen LogP contribution in [0.25, 0.3) is 0 Å². The molecule has 1 aliphatic rings. The minimum Gasteiger partial charge on any atom is -0.388 e. The number of hydrogen-bond donors (Lipinski definition) is 2. The molecule has 1 aromatic carbocycles. The van der Waals surface area contributed by atoms with Gasteiger partial charge in [-0.1, -0.05) is 6.07 Å². The summed E-state index contributed by atoms with van der Waals surface area (Å²) in [5.41, 5.74) is 5.83. The molecule has 0 aliphatic heterocycles. The lowest BCUT2D eigenvalue weighted by Crippen LogP contribution is -2.30. The van der Waals surface area contributed by atoms with Crippen molar-refractivity contribution in [1.82, 2.24) is 4.90 Å². The summed E-state index contributed by atoms with van der Waals surface area (Å²) < 4.78 is 26.4. The molecule has 1 aromatic rings. The molecule has 0 spiro atoms. The molecule has 0 atom stereocenters. The van der Waals surface area contributed by atoms with Crippen molar-refractivity contribution in [1.29, 1.82) is 5.41 Å². The molecule has 0 radical (unpaired) electrons. The van der Waals surface area contributed by atoms with Crippen LogP contribution in [0.1, 0.15) is 24.8 Å². The first-order valence-electron chi connectivity index (χ1n) is 6.07. The summed E-state index contributed by atoms with van der Waals surface area (Å²) in [6, 6.07) is 4.11. The van der Waals surface area contributed by atoms with Gasteiger partial charge in [0.15, 0.2) is 0 Å². The minimum atomic E-state index is -0.557. The van der Waals surface area contributed by atoms with Crippen molar-refractivity contribution in [3.63, 3.8) is 0 Å². The van der Waals surface area contributed by atoms with Gasteiger partial charge in [0.25, 0.3) is 0 Å². The maximum Gasteiger partial charge on any atom is 0.130 e. The van der Waals surface area contributed by atoms with E-state index < -0.39 is 11.6 Å². The predicted octanol–water partition coefficient (Wildman–Crippen LogP) is 2.26. The largest absolute Gasteiger partial charge is 0.388 e. The second kappa shape index (κ2) is 5.44. The first kappa shape index (κ1) is 13.0. The molecule has 3 nitrogen and oxygen atoms in total. The van der Waals surface area contributed by atoms with Crippen LogP contribution < -0.4 is 5.73 Å². The zero-order valence-electron chi connectivity index (χ0n) is 10.1. The molecule has 1 aliphatic carbocycles. The summed E-state index contributed by atoms with van der Waals surface area (Å²) in [6.45, 7) is 1.10. The van der Waals surface area contributed by atoms with Crippen molar-refractivity contribution in [2.75, 3.05) is 6.54 Å². The van der Waals surface area contributed by atoms with Gasteiger partial charge in [-0.15, -0.1) is 0 Å². The van der Waals surface area contributed by atoms with Gasteiger partial charge in [-0.2, -0.15) is 0 Å². The smallest absolute Gasteiger partial charge is 0.130 e. The number of nitrogens with two attached hydrogens (primary N) is 1. The lowest BCUT2D eigenvalue weighted by atomic mass is 10.2. The molecule has 18 heavy (non-hydrogen) atoms. The van der Waals surface area contributed by atoms with Gasteiger partial charge >= 0.3 is 0 Å². The monoisotopic (exact) mass is 253 g/mol. The Labute approximate surface area is 105 Å². The van der Waals surface area contributed by atoms with E-state index in [-0.39, 0.29) is 5.84 Å². The third-order valence-corrected chi connectivity index (χ3v) is 3.12. The second-order valence-electron chi connectivity index (χ2n) is 4.71. The van der Waals surface area contributed by atoms with Crippen LogP contribution in [-0.2, 0) is 6.54 Å². The van der Waals surface area contributed by atoms with E-state index in [9.17, 15) is 8.78 Å². The van der Waals surface area contributed by atoms with Crippen LogP contribution in [0.5, 0.6) is 0 Å². The molecule has 2 rings (SSSR count). The van der Waals surface area contributed by atoms with Crippen LogP contribution in [0.3, 0.4) is 0 Å². The van der Waals surface area contributed by atoms with Gasteiger partial charge in [-0.05, 0) is 18.9 Å². The van der Waals surface area contributed by atoms with Gasteiger partial charge in [0.05, 0.1) is 5.84 Å². The summed E-state index contributed by atoms with van der Waals surface area (Å²) in [4.78, 5) is 2.11. The number of hydrogen-bond acceptors (Lipinski definition) is 2. The van der Waals surface area contributed by atoms with Crippen LogP contribution in [0.2, 0.25) is 0 Å². The van der Waals surface area contributed by atoms with Gasteiger partial charge in [-0.3, -0.25) is 10.3 Å². The minimum absolute atomic E-state index is 0.139. The number of rotatable bonds is 6.